The topological polar surface area (TPSA) is 52.3 Å². The SMILES string of the molecule is CCOC(=O)C(CN)(CCC1CC1)CC(C)C. The normalized spacial score (nSPS) is 19.1. The van der Waals surface area contributed by atoms with Crippen LogP contribution in [0.25, 0.3) is 0 Å². The highest BCUT2D eigenvalue weighted by atomic mass is 16.5. The number of carbonyl (C=O) groups excluding carboxylic acids is 1. The smallest absolute Gasteiger partial charge is 0.313 e. The van der Waals surface area contributed by atoms with Gasteiger partial charge in [-0.3, -0.25) is 4.79 Å². The Morgan fingerprint density at radius 1 is 1.47 bits per heavy atom. The highest BCUT2D eigenvalue weighted by molar-refractivity contribution is 5.77. The molecule has 17 heavy (non-hydrogen) atoms. The lowest BCUT2D eigenvalue weighted by Crippen LogP contribution is -2.41. The van der Waals surface area contributed by atoms with Crippen LogP contribution in [0.15, 0.2) is 0 Å². The molecule has 0 radical (unpaired) electrons. The Morgan fingerprint density at radius 3 is 2.53 bits per heavy atom. The van der Waals surface area contributed by atoms with Crippen molar-refractivity contribution >= 4 is 5.97 Å². The Labute approximate surface area is 105 Å². The van der Waals surface area contributed by atoms with Gasteiger partial charge in [-0.05, 0) is 38.0 Å². The van der Waals surface area contributed by atoms with Gasteiger partial charge in [0.2, 0.25) is 0 Å². The third kappa shape index (κ3) is 4.30. The van der Waals surface area contributed by atoms with Crippen molar-refractivity contribution in [1.29, 1.82) is 0 Å². The average molecular weight is 241 g/mol. The largest absolute Gasteiger partial charge is 0.466 e. The monoisotopic (exact) mass is 241 g/mol. The lowest BCUT2D eigenvalue weighted by Gasteiger charge is -2.31. The van der Waals surface area contributed by atoms with E-state index in [9.17, 15) is 4.79 Å². The van der Waals surface area contributed by atoms with Gasteiger partial charge in [-0.1, -0.05) is 26.7 Å². The van der Waals surface area contributed by atoms with E-state index >= 15 is 0 Å². The second kappa shape index (κ2) is 6.39. The van der Waals surface area contributed by atoms with Crippen molar-refractivity contribution in [2.24, 2.45) is 23.0 Å². The zero-order chi connectivity index (χ0) is 12.9. The van der Waals surface area contributed by atoms with Gasteiger partial charge in [0.1, 0.15) is 0 Å². The van der Waals surface area contributed by atoms with E-state index in [1.54, 1.807) is 0 Å². The molecule has 1 atom stereocenters. The van der Waals surface area contributed by atoms with Crippen LogP contribution in [0.2, 0.25) is 0 Å². The summed E-state index contributed by atoms with van der Waals surface area (Å²) in [4.78, 5) is 12.2. The molecule has 1 fully saturated rings. The molecule has 100 valence electrons. The molecule has 0 spiro atoms. The molecule has 0 bridgehead atoms. The predicted octanol–water partition coefficient (Wildman–Crippen LogP) is 2.73. The molecule has 1 unspecified atom stereocenters. The first-order chi connectivity index (χ1) is 8.04. The molecule has 0 heterocycles. The number of esters is 1. The highest BCUT2D eigenvalue weighted by Crippen LogP contribution is 2.40. The van der Waals surface area contributed by atoms with Gasteiger partial charge in [0.15, 0.2) is 0 Å². The summed E-state index contributed by atoms with van der Waals surface area (Å²) < 4.78 is 5.23. The fourth-order valence-electron chi connectivity index (χ4n) is 2.51. The summed E-state index contributed by atoms with van der Waals surface area (Å²) in [5.41, 5.74) is 5.46. The Balaban J connectivity index is 2.65. The number of rotatable bonds is 8. The van der Waals surface area contributed by atoms with E-state index in [2.05, 4.69) is 13.8 Å². The molecule has 3 heteroatoms. The van der Waals surface area contributed by atoms with Crippen molar-refractivity contribution in [1.82, 2.24) is 0 Å². The second-order valence-electron chi connectivity index (χ2n) is 5.78. The Bertz CT molecular complexity index is 249. The quantitative estimate of drug-likeness (QED) is 0.665. The van der Waals surface area contributed by atoms with Gasteiger partial charge in [0, 0.05) is 6.54 Å². The van der Waals surface area contributed by atoms with E-state index in [0.717, 1.165) is 25.2 Å². The molecule has 0 aromatic rings. The first-order valence-electron chi connectivity index (χ1n) is 6.91. The van der Waals surface area contributed by atoms with Crippen molar-refractivity contribution < 1.29 is 9.53 Å². The van der Waals surface area contributed by atoms with Crippen molar-refractivity contribution in [3.63, 3.8) is 0 Å². The van der Waals surface area contributed by atoms with Crippen molar-refractivity contribution in [2.45, 2.75) is 52.9 Å². The van der Waals surface area contributed by atoms with Gasteiger partial charge >= 0.3 is 5.97 Å². The minimum atomic E-state index is -0.438. The van der Waals surface area contributed by atoms with Crippen LogP contribution in [0, 0.1) is 17.3 Å². The summed E-state index contributed by atoms with van der Waals surface area (Å²) in [5.74, 6) is 1.22. The fraction of sp³-hybridized carbons (Fsp3) is 0.929. The van der Waals surface area contributed by atoms with Crippen molar-refractivity contribution in [2.75, 3.05) is 13.2 Å². The average Bonchev–Trinajstić information content (AvgIpc) is 3.08. The Morgan fingerprint density at radius 2 is 2.12 bits per heavy atom. The number of hydrogen-bond acceptors (Lipinski definition) is 3. The van der Waals surface area contributed by atoms with Crippen LogP contribution in [-0.4, -0.2) is 19.1 Å². The van der Waals surface area contributed by atoms with Gasteiger partial charge in [0.05, 0.1) is 12.0 Å². The molecule has 0 aromatic heterocycles. The molecule has 1 rings (SSSR count). The maximum atomic E-state index is 12.2. The minimum Gasteiger partial charge on any atom is -0.466 e. The van der Waals surface area contributed by atoms with E-state index in [0.29, 0.717) is 19.1 Å². The second-order valence-corrected chi connectivity index (χ2v) is 5.78. The maximum absolute atomic E-state index is 12.2. The summed E-state index contributed by atoms with van der Waals surface area (Å²) >= 11 is 0. The van der Waals surface area contributed by atoms with Crippen LogP contribution < -0.4 is 5.73 Å². The molecule has 3 nitrogen and oxygen atoms in total. The maximum Gasteiger partial charge on any atom is 0.313 e. The Hall–Kier alpha value is -0.570. The summed E-state index contributed by atoms with van der Waals surface area (Å²) in [6.07, 6.45) is 5.51. The number of hydrogen-bond donors (Lipinski definition) is 1. The van der Waals surface area contributed by atoms with Gasteiger partial charge in [-0.2, -0.15) is 0 Å². The zero-order valence-corrected chi connectivity index (χ0v) is 11.5. The molecular weight excluding hydrogens is 214 g/mol. The number of carbonyl (C=O) groups is 1. The first kappa shape index (κ1) is 14.5. The molecule has 1 aliphatic carbocycles. The van der Waals surface area contributed by atoms with Crippen LogP contribution in [0.1, 0.15) is 52.9 Å². The van der Waals surface area contributed by atoms with Crippen LogP contribution in [0.4, 0.5) is 0 Å². The van der Waals surface area contributed by atoms with Crippen LogP contribution in [0.5, 0.6) is 0 Å². The van der Waals surface area contributed by atoms with Gasteiger partial charge in [-0.15, -0.1) is 0 Å². The minimum absolute atomic E-state index is 0.0862. The van der Waals surface area contributed by atoms with Crippen molar-refractivity contribution in [3.05, 3.63) is 0 Å². The molecule has 2 N–H and O–H groups in total. The van der Waals surface area contributed by atoms with E-state index in [-0.39, 0.29) is 5.97 Å². The van der Waals surface area contributed by atoms with Crippen LogP contribution >= 0.6 is 0 Å². The number of nitrogens with two attached hydrogens (primary N) is 1. The highest BCUT2D eigenvalue weighted by Gasteiger charge is 2.40. The Kier molecular flexibility index (Phi) is 5.44. The van der Waals surface area contributed by atoms with Crippen molar-refractivity contribution in [3.8, 4) is 0 Å². The zero-order valence-electron chi connectivity index (χ0n) is 11.5. The van der Waals surface area contributed by atoms with E-state index in [1.807, 2.05) is 6.92 Å². The molecule has 0 aromatic carbocycles. The van der Waals surface area contributed by atoms with Gasteiger partial charge < -0.3 is 10.5 Å². The molecule has 0 saturated heterocycles. The van der Waals surface area contributed by atoms with Crippen LogP contribution in [0.3, 0.4) is 0 Å². The third-order valence-electron chi connectivity index (χ3n) is 3.63. The standard InChI is InChI=1S/C14H27NO2/c1-4-17-13(16)14(10-15,9-11(2)3)8-7-12-5-6-12/h11-12H,4-10,15H2,1-3H3. The lowest BCUT2D eigenvalue weighted by atomic mass is 9.76. The molecule has 1 saturated carbocycles. The summed E-state index contributed by atoms with van der Waals surface area (Å²) in [5, 5.41) is 0. The van der Waals surface area contributed by atoms with Crippen LogP contribution in [-0.2, 0) is 9.53 Å². The predicted molar refractivity (Wildman–Crippen MR) is 69.5 cm³/mol. The lowest BCUT2D eigenvalue weighted by molar-refractivity contribution is -0.156. The third-order valence-corrected chi connectivity index (χ3v) is 3.63. The summed E-state index contributed by atoms with van der Waals surface area (Å²) in [7, 11) is 0. The fourth-order valence-corrected chi connectivity index (χ4v) is 2.51. The summed E-state index contributed by atoms with van der Waals surface area (Å²) in [6, 6.07) is 0. The number of ether oxygens (including phenoxy) is 1. The first-order valence-corrected chi connectivity index (χ1v) is 6.91. The van der Waals surface area contributed by atoms with E-state index in [1.165, 1.54) is 12.8 Å². The van der Waals surface area contributed by atoms with Gasteiger partial charge in [-0.25, -0.2) is 0 Å². The molecule has 0 aliphatic heterocycles. The van der Waals surface area contributed by atoms with Gasteiger partial charge in [0.25, 0.3) is 0 Å². The summed E-state index contributed by atoms with van der Waals surface area (Å²) in [6.45, 7) is 7.00. The molecule has 0 amide bonds. The van der Waals surface area contributed by atoms with E-state index in [4.69, 9.17) is 10.5 Å². The molecule has 1 aliphatic rings. The van der Waals surface area contributed by atoms with E-state index < -0.39 is 5.41 Å². The molecular formula is C14H27NO2.